The van der Waals surface area contributed by atoms with Crippen molar-refractivity contribution in [2.24, 2.45) is 0 Å². The third-order valence-corrected chi connectivity index (χ3v) is 5.13. The summed E-state index contributed by atoms with van der Waals surface area (Å²) in [5, 5.41) is 0. The summed E-state index contributed by atoms with van der Waals surface area (Å²) < 4.78 is 5.42. The van der Waals surface area contributed by atoms with E-state index in [-0.39, 0.29) is 11.3 Å². The van der Waals surface area contributed by atoms with Gasteiger partial charge in [-0.3, -0.25) is 14.4 Å². The van der Waals surface area contributed by atoms with E-state index in [9.17, 15) is 19.2 Å². The van der Waals surface area contributed by atoms with Crippen molar-refractivity contribution in [1.29, 1.82) is 0 Å². The third kappa shape index (κ3) is 3.75. The Balaban J connectivity index is 1.49. The summed E-state index contributed by atoms with van der Waals surface area (Å²) in [6.45, 7) is 1.77. The lowest BCUT2D eigenvalue weighted by molar-refractivity contribution is 0.0277. The maximum absolute atomic E-state index is 12.6. The number of rotatable bonds is 6. The number of hydrogen-bond donors (Lipinski definition) is 0. The smallest absolute Gasteiger partial charge is 0.338 e. The summed E-state index contributed by atoms with van der Waals surface area (Å²) in [5.74, 6) is -1.73. The van der Waals surface area contributed by atoms with Crippen LogP contribution in [0, 0.1) is 0 Å². The van der Waals surface area contributed by atoms with Crippen molar-refractivity contribution in [3.05, 3.63) is 101 Å². The molecular formula is C25H19NO5. The second-order valence-electron chi connectivity index (χ2n) is 7.07. The van der Waals surface area contributed by atoms with Crippen molar-refractivity contribution in [3.63, 3.8) is 0 Å². The first-order valence-electron chi connectivity index (χ1n) is 9.89. The van der Waals surface area contributed by atoms with Gasteiger partial charge in [0.05, 0.1) is 22.4 Å². The van der Waals surface area contributed by atoms with E-state index < -0.39 is 23.9 Å². The van der Waals surface area contributed by atoms with Crippen molar-refractivity contribution in [3.8, 4) is 0 Å². The first-order valence-corrected chi connectivity index (χ1v) is 9.89. The largest absolute Gasteiger partial charge is 0.450 e. The number of benzene rings is 3. The van der Waals surface area contributed by atoms with Crippen LogP contribution < -0.4 is 4.90 Å². The Kier molecular flexibility index (Phi) is 5.45. The molecular weight excluding hydrogens is 394 g/mol. The first-order chi connectivity index (χ1) is 15.0. The molecule has 1 aliphatic rings. The highest BCUT2D eigenvalue weighted by atomic mass is 16.5. The highest BCUT2D eigenvalue weighted by molar-refractivity contribution is 6.34. The van der Waals surface area contributed by atoms with Crippen molar-refractivity contribution >= 4 is 29.3 Å². The standard InChI is InChI=1S/C25H19NO5/c1-2-21(22(27)16-8-4-3-5-9-16)31-25(30)17-12-14-18(15-13-17)26-23(28)19-10-6-7-11-20(19)24(26)29/h3-15,21H,2H2,1H3. The number of carbonyl (C=O) groups is 4. The number of ketones is 1. The molecule has 1 aliphatic heterocycles. The number of ether oxygens (including phenoxy) is 1. The van der Waals surface area contributed by atoms with Gasteiger partial charge in [0.1, 0.15) is 0 Å². The SMILES string of the molecule is CCC(OC(=O)c1ccc(N2C(=O)c3ccccc3C2=O)cc1)C(=O)c1ccccc1. The number of hydrogen-bond acceptors (Lipinski definition) is 5. The zero-order chi connectivity index (χ0) is 22.0. The van der Waals surface area contributed by atoms with E-state index in [1.807, 2.05) is 0 Å². The van der Waals surface area contributed by atoms with Gasteiger partial charge >= 0.3 is 5.97 Å². The molecule has 0 saturated carbocycles. The molecule has 154 valence electrons. The lowest BCUT2D eigenvalue weighted by Gasteiger charge is -2.16. The van der Waals surface area contributed by atoms with Crippen LogP contribution in [0.5, 0.6) is 0 Å². The molecule has 0 aliphatic carbocycles. The maximum atomic E-state index is 12.6. The summed E-state index contributed by atoms with van der Waals surface area (Å²) >= 11 is 0. The Hall–Kier alpha value is -4.06. The summed E-state index contributed by atoms with van der Waals surface area (Å²) in [6.07, 6.45) is -0.558. The molecule has 0 radical (unpaired) electrons. The molecule has 2 amide bonds. The Labute approximate surface area is 179 Å². The second kappa shape index (κ2) is 8.36. The number of nitrogens with zero attached hydrogens (tertiary/aromatic N) is 1. The molecule has 4 rings (SSSR count). The minimum absolute atomic E-state index is 0.222. The van der Waals surface area contributed by atoms with Gasteiger partial charge in [-0.05, 0) is 42.8 Å². The van der Waals surface area contributed by atoms with Gasteiger partial charge in [-0.25, -0.2) is 9.69 Å². The average Bonchev–Trinajstić information content (AvgIpc) is 3.07. The fourth-order valence-electron chi connectivity index (χ4n) is 3.48. The number of Topliss-reactive ketones (excluding diaryl/α,β-unsaturated/α-hetero) is 1. The van der Waals surface area contributed by atoms with Gasteiger partial charge < -0.3 is 4.74 Å². The van der Waals surface area contributed by atoms with E-state index >= 15 is 0 Å². The van der Waals surface area contributed by atoms with E-state index in [1.54, 1.807) is 61.5 Å². The van der Waals surface area contributed by atoms with Crippen molar-refractivity contribution < 1.29 is 23.9 Å². The van der Waals surface area contributed by atoms with Crippen LogP contribution in [0.25, 0.3) is 0 Å². The molecule has 6 nitrogen and oxygen atoms in total. The Bertz CT molecular complexity index is 1130. The molecule has 0 bridgehead atoms. The topological polar surface area (TPSA) is 80.8 Å². The van der Waals surface area contributed by atoms with Crippen LogP contribution in [0.2, 0.25) is 0 Å². The molecule has 0 aromatic heterocycles. The highest BCUT2D eigenvalue weighted by Gasteiger charge is 2.36. The highest BCUT2D eigenvalue weighted by Crippen LogP contribution is 2.28. The van der Waals surface area contributed by atoms with E-state index in [1.165, 1.54) is 24.3 Å². The van der Waals surface area contributed by atoms with Crippen molar-refractivity contribution in [2.75, 3.05) is 4.90 Å². The summed E-state index contributed by atoms with van der Waals surface area (Å²) in [4.78, 5) is 51.4. The summed E-state index contributed by atoms with van der Waals surface area (Å²) in [5.41, 5.74) is 1.75. The Morgan fingerprint density at radius 3 is 1.87 bits per heavy atom. The van der Waals surface area contributed by atoms with Crippen molar-refractivity contribution in [1.82, 2.24) is 0 Å². The number of carbonyl (C=O) groups excluding carboxylic acids is 4. The van der Waals surface area contributed by atoms with Crippen LogP contribution in [0.15, 0.2) is 78.9 Å². The number of esters is 1. The molecule has 0 N–H and O–H groups in total. The van der Waals surface area contributed by atoms with E-state index in [0.717, 1.165) is 4.90 Å². The van der Waals surface area contributed by atoms with Gasteiger partial charge in [0.15, 0.2) is 6.10 Å². The molecule has 3 aromatic rings. The van der Waals surface area contributed by atoms with E-state index in [4.69, 9.17) is 4.74 Å². The predicted octanol–water partition coefficient (Wildman–Crippen LogP) is 4.31. The van der Waals surface area contributed by atoms with Gasteiger partial charge in [-0.1, -0.05) is 49.4 Å². The Morgan fingerprint density at radius 1 is 0.774 bits per heavy atom. The second-order valence-corrected chi connectivity index (χ2v) is 7.07. The van der Waals surface area contributed by atoms with Gasteiger partial charge in [0, 0.05) is 5.56 Å². The van der Waals surface area contributed by atoms with Crippen LogP contribution >= 0.6 is 0 Å². The minimum Gasteiger partial charge on any atom is -0.450 e. The molecule has 0 spiro atoms. The molecule has 6 heteroatoms. The van der Waals surface area contributed by atoms with Crippen LogP contribution in [0.1, 0.15) is 54.8 Å². The third-order valence-electron chi connectivity index (χ3n) is 5.13. The molecule has 1 atom stereocenters. The molecule has 0 saturated heterocycles. The van der Waals surface area contributed by atoms with Crippen LogP contribution in [-0.2, 0) is 4.74 Å². The number of anilines is 1. The molecule has 1 unspecified atom stereocenters. The van der Waals surface area contributed by atoms with Gasteiger partial charge in [0.25, 0.3) is 11.8 Å². The zero-order valence-corrected chi connectivity index (χ0v) is 16.8. The first kappa shape index (κ1) is 20.2. The molecule has 0 fully saturated rings. The summed E-state index contributed by atoms with van der Waals surface area (Å²) in [6, 6.07) is 21.2. The van der Waals surface area contributed by atoms with E-state index in [0.29, 0.717) is 28.8 Å². The van der Waals surface area contributed by atoms with Gasteiger partial charge in [0.2, 0.25) is 5.78 Å². The predicted molar refractivity (Wildman–Crippen MR) is 114 cm³/mol. The lowest BCUT2D eigenvalue weighted by atomic mass is 10.0. The van der Waals surface area contributed by atoms with Crippen LogP contribution in [0.3, 0.4) is 0 Å². The maximum Gasteiger partial charge on any atom is 0.338 e. The van der Waals surface area contributed by atoms with Crippen LogP contribution in [0.4, 0.5) is 5.69 Å². The minimum atomic E-state index is -0.897. The lowest BCUT2D eigenvalue weighted by Crippen LogP contribution is -2.29. The van der Waals surface area contributed by atoms with Crippen molar-refractivity contribution in [2.45, 2.75) is 19.4 Å². The van der Waals surface area contributed by atoms with E-state index in [2.05, 4.69) is 0 Å². The Morgan fingerprint density at radius 2 is 1.32 bits per heavy atom. The summed E-state index contributed by atoms with van der Waals surface area (Å²) in [7, 11) is 0. The fourth-order valence-corrected chi connectivity index (χ4v) is 3.48. The quantitative estimate of drug-likeness (QED) is 0.342. The van der Waals surface area contributed by atoms with Gasteiger partial charge in [-0.2, -0.15) is 0 Å². The monoisotopic (exact) mass is 413 g/mol. The fraction of sp³-hybridized carbons (Fsp3) is 0.120. The molecule has 3 aromatic carbocycles. The average molecular weight is 413 g/mol. The molecule has 1 heterocycles. The number of amides is 2. The van der Waals surface area contributed by atoms with Gasteiger partial charge in [-0.15, -0.1) is 0 Å². The molecule has 31 heavy (non-hydrogen) atoms. The number of fused-ring (bicyclic) bond motifs is 1. The normalized spacial score (nSPS) is 13.6. The van der Waals surface area contributed by atoms with Crippen LogP contribution in [-0.4, -0.2) is 29.7 Å². The zero-order valence-electron chi connectivity index (χ0n) is 16.8. The number of imide groups is 1.